The molecule has 5 heteroatoms. The van der Waals surface area contributed by atoms with Crippen molar-refractivity contribution in [3.05, 3.63) is 41.7 Å². The molecular formula is C15H15N3O2. The number of rotatable bonds is 2. The van der Waals surface area contributed by atoms with E-state index in [0.717, 1.165) is 16.5 Å². The predicted molar refractivity (Wildman–Crippen MR) is 76.8 cm³/mol. The van der Waals surface area contributed by atoms with Crippen LogP contribution in [0.15, 0.2) is 36.2 Å². The summed E-state index contributed by atoms with van der Waals surface area (Å²) in [6.45, 7) is 2.15. The van der Waals surface area contributed by atoms with E-state index in [2.05, 4.69) is 5.32 Å². The van der Waals surface area contributed by atoms with Gasteiger partial charge in [-0.2, -0.15) is 0 Å². The fourth-order valence-electron chi connectivity index (χ4n) is 2.50. The van der Waals surface area contributed by atoms with E-state index in [-0.39, 0.29) is 11.9 Å². The number of hydrogen-bond acceptors (Lipinski definition) is 2. The van der Waals surface area contributed by atoms with Gasteiger partial charge in [0.25, 0.3) is 5.91 Å². The standard InChI is InChI=1S/C15H15N3O2/c1-3-18-14(19)12(16-15(18)20)8-10-9-17(2)13-7-5-4-6-11(10)13/h4-9H,3H2,1-2H3,(H,16,20). The van der Waals surface area contributed by atoms with Gasteiger partial charge in [-0.1, -0.05) is 18.2 Å². The minimum atomic E-state index is -0.357. The number of fused-ring (bicyclic) bond motifs is 1. The van der Waals surface area contributed by atoms with Gasteiger partial charge in [-0.3, -0.25) is 9.69 Å². The van der Waals surface area contributed by atoms with E-state index < -0.39 is 0 Å². The number of likely N-dealkylation sites (N-methyl/N-ethyl adjacent to an activating group) is 1. The lowest BCUT2D eigenvalue weighted by Gasteiger charge is -2.05. The Bertz CT molecular complexity index is 743. The van der Waals surface area contributed by atoms with Crippen LogP contribution in [0.1, 0.15) is 12.5 Å². The number of nitrogens with zero attached hydrogens (tertiary/aromatic N) is 2. The molecule has 1 fully saturated rings. The van der Waals surface area contributed by atoms with Gasteiger partial charge >= 0.3 is 6.03 Å². The first kappa shape index (κ1) is 12.5. The van der Waals surface area contributed by atoms with Crippen LogP contribution < -0.4 is 5.32 Å². The van der Waals surface area contributed by atoms with Gasteiger partial charge in [0.05, 0.1) is 0 Å². The van der Waals surface area contributed by atoms with Crippen LogP contribution in [0.25, 0.3) is 17.0 Å². The normalized spacial score (nSPS) is 17.3. The Morgan fingerprint density at radius 2 is 2.00 bits per heavy atom. The van der Waals surface area contributed by atoms with Crippen molar-refractivity contribution in [3.63, 3.8) is 0 Å². The monoisotopic (exact) mass is 269 g/mol. The van der Waals surface area contributed by atoms with Crippen LogP contribution in [0.4, 0.5) is 4.79 Å². The first-order chi connectivity index (χ1) is 9.61. The molecule has 1 saturated heterocycles. The van der Waals surface area contributed by atoms with E-state index in [4.69, 9.17) is 0 Å². The number of carbonyl (C=O) groups is 2. The average Bonchev–Trinajstić information content (AvgIpc) is 2.89. The third-order valence-corrected chi connectivity index (χ3v) is 3.51. The van der Waals surface area contributed by atoms with Crippen molar-refractivity contribution in [1.29, 1.82) is 0 Å². The molecule has 2 aromatic rings. The van der Waals surface area contributed by atoms with Crippen molar-refractivity contribution >= 4 is 28.9 Å². The second-order valence-electron chi connectivity index (χ2n) is 4.75. The number of carbonyl (C=O) groups excluding carboxylic acids is 2. The summed E-state index contributed by atoms with van der Waals surface area (Å²) < 4.78 is 2.00. The van der Waals surface area contributed by atoms with Gasteiger partial charge in [0.15, 0.2) is 0 Å². The molecule has 5 nitrogen and oxygen atoms in total. The van der Waals surface area contributed by atoms with Crippen LogP contribution in [0, 0.1) is 0 Å². The number of aromatic nitrogens is 1. The Kier molecular flexibility index (Phi) is 2.82. The summed E-state index contributed by atoms with van der Waals surface area (Å²) in [5.41, 5.74) is 2.33. The Labute approximate surface area is 116 Å². The van der Waals surface area contributed by atoms with E-state index in [1.54, 1.807) is 13.0 Å². The molecule has 0 spiro atoms. The first-order valence-electron chi connectivity index (χ1n) is 6.50. The number of nitrogens with one attached hydrogen (secondary N) is 1. The van der Waals surface area contributed by atoms with Crippen molar-refractivity contribution in [2.75, 3.05) is 6.54 Å². The maximum atomic E-state index is 12.1. The first-order valence-corrected chi connectivity index (χ1v) is 6.50. The number of hydrogen-bond donors (Lipinski definition) is 1. The molecule has 0 bridgehead atoms. The van der Waals surface area contributed by atoms with E-state index >= 15 is 0 Å². The molecule has 1 aliphatic heterocycles. The molecule has 1 N–H and O–H groups in total. The second kappa shape index (κ2) is 4.52. The average molecular weight is 269 g/mol. The van der Waals surface area contributed by atoms with Crippen LogP contribution >= 0.6 is 0 Å². The predicted octanol–water partition coefficient (Wildman–Crippen LogP) is 2.09. The minimum Gasteiger partial charge on any atom is -0.350 e. The van der Waals surface area contributed by atoms with E-state index in [1.165, 1.54) is 4.90 Å². The highest BCUT2D eigenvalue weighted by atomic mass is 16.2. The second-order valence-corrected chi connectivity index (χ2v) is 4.75. The lowest BCUT2D eigenvalue weighted by Crippen LogP contribution is -2.30. The van der Waals surface area contributed by atoms with Gasteiger partial charge in [-0.15, -0.1) is 0 Å². The third-order valence-electron chi connectivity index (χ3n) is 3.51. The summed E-state index contributed by atoms with van der Waals surface area (Å²) in [5.74, 6) is -0.273. The van der Waals surface area contributed by atoms with Gasteiger partial charge < -0.3 is 9.88 Å². The molecular weight excluding hydrogens is 254 g/mol. The molecule has 3 amide bonds. The number of amides is 3. The molecule has 2 heterocycles. The summed E-state index contributed by atoms with van der Waals surface area (Å²) in [7, 11) is 1.96. The Morgan fingerprint density at radius 1 is 1.25 bits per heavy atom. The molecule has 1 aliphatic rings. The SMILES string of the molecule is CCN1C(=O)NC(=Cc2cn(C)c3ccccc23)C1=O. The molecule has 1 aromatic carbocycles. The Morgan fingerprint density at radius 3 is 2.70 bits per heavy atom. The number of imide groups is 1. The quantitative estimate of drug-likeness (QED) is 0.670. The van der Waals surface area contributed by atoms with Crippen LogP contribution in [0.5, 0.6) is 0 Å². The molecule has 0 unspecified atom stereocenters. The summed E-state index contributed by atoms with van der Waals surface area (Å²) in [6, 6.07) is 7.59. The molecule has 0 atom stereocenters. The van der Waals surface area contributed by atoms with E-state index in [0.29, 0.717) is 12.2 Å². The molecule has 1 aromatic heterocycles. The lowest BCUT2D eigenvalue weighted by atomic mass is 10.1. The fourth-order valence-corrected chi connectivity index (χ4v) is 2.50. The smallest absolute Gasteiger partial charge is 0.328 e. The number of aryl methyl sites for hydroxylation is 1. The van der Waals surface area contributed by atoms with Gasteiger partial charge in [-0.25, -0.2) is 4.79 Å². The molecule has 0 aliphatic carbocycles. The molecule has 20 heavy (non-hydrogen) atoms. The molecule has 102 valence electrons. The zero-order valence-electron chi connectivity index (χ0n) is 11.4. The van der Waals surface area contributed by atoms with E-state index in [9.17, 15) is 9.59 Å². The van der Waals surface area contributed by atoms with Crippen LogP contribution in [-0.2, 0) is 11.8 Å². The van der Waals surface area contributed by atoms with Gasteiger partial charge in [-0.05, 0) is 19.1 Å². The Hall–Kier alpha value is -2.56. The van der Waals surface area contributed by atoms with Crippen LogP contribution in [0.2, 0.25) is 0 Å². The summed E-state index contributed by atoms with van der Waals surface area (Å²) in [5, 5.41) is 3.67. The molecule has 3 rings (SSSR count). The zero-order chi connectivity index (χ0) is 14.3. The van der Waals surface area contributed by atoms with Crippen molar-refractivity contribution in [2.45, 2.75) is 6.92 Å². The topological polar surface area (TPSA) is 54.3 Å². The van der Waals surface area contributed by atoms with Gasteiger partial charge in [0.2, 0.25) is 0 Å². The summed E-state index contributed by atoms with van der Waals surface area (Å²) in [6.07, 6.45) is 3.68. The third kappa shape index (κ3) is 1.79. The highest BCUT2D eigenvalue weighted by Crippen LogP contribution is 2.23. The van der Waals surface area contributed by atoms with Crippen molar-refractivity contribution in [2.24, 2.45) is 7.05 Å². The zero-order valence-corrected chi connectivity index (χ0v) is 11.4. The molecule has 0 radical (unpaired) electrons. The number of para-hydroxylation sites is 1. The van der Waals surface area contributed by atoms with Crippen LogP contribution in [-0.4, -0.2) is 28.0 Å². The van der Waals surface area contributed by atoms with Gasteiger partial charge in [0, 0.05) is 36.3 Å². The largest absolute Gasteiger partial charge is 0.350 e. The maximum Gasteiger partial charge on any atom is 0.328 e. The number of urea groups is 1. The van der Waals surface area contributed by atoms with Crippen molar-refractivity contribution in [3.8, 4) is 0 Å². The fraction of sp³-hybridized carbons (Fsp3) is 0.200. The van der Waals surface area contributed by atoms with E-state index in [1.807, 2.05) is 42.1 Å². The molecule has 0 saturated carbocycles. The highest BCUT2D eigenvalue weighted by Gasteiger charge is 2.32. The van der Waals surface area contributed by atoms with Crippen molar-refractivity contribution in [1.82, 2.24) is 14.8 Å². The van der Waals surface area contributed by atoms with Gasteiger partial charge in [0.1, 0.15) is 5.70 Å². The number of benzene rings is 1. The summed E-state index contributed by atoms with van der Waals surface area (Å²) in [4.78, 5) is 24.9. The Balaban J connectivity index is 2.08. The summed E-state index contributed by atoms with van der Waals surface area (Å²) >= 11 is 0. The van der Waals surface area contributed by atoms with Crippen LogP contribution in [0.3, 0.4) is 0 Å². The highest BCUT2D eigenvalue weighted by molar-refractivity contribution is 6.14. The maximum absolute atomic E-state index is 12.1. The minimum absolute atomic E-state index is 0.273. The van der Waals surface area contributed by atoms with Crippen molar-refractivity contribution < 1.29 is 9.59 Å². The lowest BCUT2D eigenvalue weighted by molar-refractivity contribution is -0.122.